The van der Waals surface area contributed by atoms with Gasteiger partial charge in [0.15, 0.2) is 0 Å². The first-order valence-electron chi connectivity index (χ1n) is 6.51. The van der Waals surface area contributed by atoms with E-state index in [9.17, 15) is 0 Å². The summed E-state index contributed by atoms with van der Waals surface area (Å²) in [6.07, 6.45) is 0. The number of nitrogens with one attached hydrogen (secondary N) is 2. The van der Waals surface area contributed by atoms with E-state index in [0.29, 0.717) is 5.92 Å². The SMILES string of the molecule is Cc1ccc2c(c1)C(CNC(C)(C)C)CNC2. The Morgan fingerprint density at radius 1 is 1.35 bits per heavy atom. The van der Waals surface area contributed by atoms with Crippen LogP contribution in [0.25, 0.3) is 0 Å². The maximum atomic E-state index is 3.61. The Balaban J connectivity index is 2.14. The fourth-order valence-electron chi connectivity index (χ4n) is 2.36. The van der Waals surface area contributed by atoms with Crippen molar-refractivity contribution in [3.05, 3.63) is 34.9 Å². The van der Waals surface area contributed by atoms with Gasteiger partial charge >= 0.3 is 0 Å². The third-order valence-electron chi connectivity index (χ3n) is 3.33. The zero-order chi connectivity index (χ0) is 12.5. The van der Waals surface area contributed by atoms with Crippen LogP contribution in [0.15, 0.2) is 18.2 Å². The average molecular weight is 232 g/mol. The van der Waals surface area contributed by atoms with Gasteiger partial charge in [-0.1, -0.05) is 23.8 Å². The first-order valence-corrected chi connectivity index (χ1v) is 6.51. The molecule has 17 heavy (non-hydrogen) atoms. The molecule has 0 aromatic heterocycles. The lowest BCUT2D eigenvalue weighted by molar-refractivity contribution is 0.392. The predicted molar refractivity (Wildman–Crippen MR) is 73.4 cm³/mol. The lowest BCUT2D eigenvalue weighted by atomic mass is 9.89. The van der Waals surface area contributed by atoms with Gasteiger partial charge in [0.1, 0.15) is 0 Å². The van der Waals surface area contributed by atoms with Crippen LogP contribution in [-0.4, -0.2) is 18.6 Å². The van der Waals surface area contributed by atoms with E-state index in [0.717, 1.165) is 19.6 Å². The fraction of sp³-hybridized carbons (Fsp3) is 0.600. The molecule has 1 aromatic rings. The highest BCUT2D eigenvalue weighted by molar-refractivity contribution is 5.36. The van der Waals surface area contributed by atoms with Crippen LogP contribution >= 0.6 is 0 Å². The molecule has 0 fully saturated rings. The number of hydrogen-bond donors (Lipinski definition) is 2. The number of rotatable bonds is 2. The van der Waals surface area contributed by atoms with Crippen molar-refractivity contribution in [1.82, 2.24) is 10.6 Å². The minimum absolute atomic E-state index is 0.196. The second kappa shape index (κ2) is 4.79. The number of aryl methyl sites for hydroxylation is 1. The molecule has 2 rings (SSSR count). The Labute approximate surface area is 105 Å². The Kier molecular flexibility index (Phi) is 3.55. The van der Waals surface area contributed by atoms with Crippen LogP contribution in [0, 0.1) is 6.92 Å². The molecule has 0 amide bonds. The molecular weight excluding hydrogens is 208 g/mol. The quantitative estimate of drug-likeness (QED) is 0.819. The Bertz CT molecular complexity index is 390. The molecule has 1 unspecified atom stereocenters. The van der Waals surface area contributed by atoms with Gasteiger partial charge in [0.05, 0.1) is 0 Å². The molecular formula is C15H24N2. The van der Waals surface area contributed by atoms with Gasteiger partial charge in [0.2, 0.25) is 0 Å². The van der Waals surface area contributed by atoms with E-state index >= 15 is 0 Å². The highest BCUT2D eigenvalue weighted by Crippen LogP contribution is 2.25. The first kappa shape index (κ1) is 12.6. The van der Waals surface area contributed by atoms with Crippen molar-refractivity contribution in [2.24, 2.45) is 0 Å². The lowest BCUT2D eigenvalue weighted by Gasteiger charge is -2.30. The molecule has 0 saturated carbocycles. The van der Waals surface area contributed by atoms with Crippen LogP contribution in [0.3, 0.4) is 0 Å². The van der Waals surface area contributed by atoms with Crippen LogP contribution < -0.4 is 10.6 Å². The monoisotopic (exact) mass is 232 g/mol. The number of hydrogen-bond acceptors (Lipinski definition) is 2. The minimum atomic E-state index is 0.196. The summed E-state index contributed by atoms with van der Waals surface area (Å²) < 4.78 is 0. The second-order valence-corrected chi connectivity index (χ2v) is 6.16. The summed E-state index contributed by atoms with van der Waals surface area (Å²) in [6, 6.07) is 6.83. The summed E-state index contributed by atoms with van der Waals surface area (Å²) >= 11 is 0. The van der Waals surface area contributed by atoms with Gasteiger partial charge in [0, 0.05) is 31.1 Å². The van der Waals surface area contributed by atoms with Crippen molar-refractivity contribution < 1.29 is 0 Å². The van der Waals surface area contributed by atoms with Gasteiger partial charge in [0.25, 0.3) is 0 Å². The highest BCUT2D eigenvalue weighted by Gasteiger charge is 2.21. The standard InChI is InChI=1S/C15H24N2/c1-11-5-6-12-8-16-9-13(14(12)7-11)10-17-15(2,3)4/h5-7,13,16-17H,8-10H2,1-4H3. The lowest BCUT2D eigenvalue weighted by Crippen LogP contribution is -2.42. The van der Waals surface area contributed by atoms with E-state index in [1.54, 1.807) is 0 Å². The van der Waals surface area contributed by atoms with Crippen molar-refractivity contribution in [2.75, 3.05) is 13.1 Å². The average Bonchev–Trinajstić information content (AvgIpc) is 2.25. The van der Waals surface area contributed by atoms with Gasteiger partial charge in [-0.3, -0.25) is 0 Å². The van der Waals surface area contributed by atoms with E-state index < -0.39 is 0 Å². The van der Waals surface area contributed by atoms with E-state index in [1.807, 2.05) is 0 Å². The van der Waals surface area contributed by atoms with Crippen molar-refractivity contribution in [2.45, 2.75) is 45.7 Å². The summed E-state index contributed by atoms with van der Waals surface area (Å²) in [5.74, 6) is 0.595. The Morgan fingerprint density at radius 2 is 2.12 bits per heavy atom. The molecule has 0 aliphatic carbocycles. The number of benzene rings is 1. The normalized spacial score (nSPS) is 20.1. The summed E-state index contributed by atoms with van der Waals surface area (Å²) in [4.78, 5) is 0. The van der Waals surface area contributed by atoms with Gasteiger partial charge < -0.3 is 10.6 Å². The molecule has 1 heterocycles. The van der Waals surface area contributed by atoms with Crippen LogP contribution in [0.2, 0.25) is 0 Å². The third kappa shape index (κ3) is 3.30. The topological polar surface area (TPSA) is 24.1 Å². The highest BCUT2D eigenvalue weighted by atomic mass is 15.0. The molecule has 0 radical (unpaired) electrons. The minimum Gasteiger partial charge on any atom is -0.312 e. The zero-order valence-corrected chi connectivity index (χ0v) is 11.4. The summed E-state index contributed by atoms with van der Waals surface area (Å²) in [7, 11) is 0. The Hall–Kier alpha value is -0.860. The maximum absolute atomic E-state index is 3.61. The molecule has 1 aliphatic rings. The van der Waals surface area contributed by atoms with Crippen LogP contribution in [0.4, 0.5) is 0 Å². The van der Waals surface area contributed by atoms with Crippen molar-refractivity contribution >= 4 is 0 Å². The van der Waals surface area contributed by atoms with Gasteiger partial charge in [-0.2, -0.15) is 0 Å². The molecule has 0 spiro atoms. The van der Waals surface area contributed by atoms with E-state index in [4.69, 9.17) is 0 Å². The molecule has 2 heteroatoms. The van der Waals surface area contributed by atoms with Gasteiger partial charge in [-0.25, -0.2) is 0 Å². The molecule has 1 atom stereocenters. The fourth-order valence-corrected chi connectivity index (χ4v) is 2.36. The molecule has 94 valence electrons. The smallest absolute Gasteiger partial charge is 0.0208 e. The molecule has 1 aromatic carbocycles. The van der Waals surface area contributed by atoms with Crippen molar-refractivity contribution in [1.29, 1.82) is 0 Å². The van der Waals surface area contributed by atoms with Crippen molar-refractivity contribution in [3.63, 3.8) is 0 Å². The van der Waals surface area contributed by atoms with Crippen LogP contribution in [-0.2, 0) is 6.54 Å². The zero-order valence-electron chi connectivity index (χ0n) is 11.4. The van der Waals surface area contributed by atoms with Crippen LogP contribution in [0.1, 0.15) is 43.4 Å². The van der Waals surface area contributed by atoms with Gasteiger partial charge in [-0.15, -0.1) is 0 Å². The Morgan fingerprint density at radius 3 is 2.82 bits per heavy atom. The predicted octanol–water partition coefficient (Wildman–Crippen LogP) is 2.57. The van der Waals surface area contributed by atoms with Gasteiger partial charge in [-0.05, 0) is 38.8 Å². The largest absolute Gasteiger partial charge is 0.312 e. The molecule has 0 saturated heterocycles. The van der Waals surface area contributed by atoms with Crippen LogP contribution in [0.5, 0.6) is 0 Å². The number of fused-ring (bicyclic) bond motifs is 1. The molecule has 2 nitrogen and oxygen atoms in total. The molecule has 2 N–H and O–H groups in total. The van der Waals surface area contributed by atoms with E-state index in [-0.39, 0.29) is 5.54 Å². The van der Waals surface area contributed by atoms with E-state index in [2.05, 4.69) is 56.5 Å². The summed E-state index contributed by atoms with van der Waals surface area (Å²) in [5.41, 5.74) is 4.55. The van der Waals surface area contributed by atoms with E-state index in [1.165, 1.54) is 16.7 Å². The van der Waals surface area contributed by atoms with Crippen molar-refractivity contribution in [3.8, 4) is 0 Å². The summed E-state index contributed by atoms with van der Waals surface area (Å²) in [5, 5.41) is 7.12. The summed E-state index contributed by atoms with van der Waals surface area (Å²) in [6.45, 7) is 12.0. The maximum Gasteiger partial charge on any atom is 0.0208 e. The molecule has 1 aliphatic heterocycles. The molecule has 0 bridgehead atoms. The third-order valence-corrected chi connectivity index (χ3v) is 3.33. The first-order chi connectivity index (χ1) is 7.96. The second-order valence-electron chi connectivity index (χ2n) is 6.16.